The first-order chi connectivity index (χ1) is 9.58. The van der Waals surface area contributed by atoms with Crippen LogP contribution >= 0.6 is 0 Å². The molecule has 1 aromatic heterocycles. The van der Waals surface area contributed by atoms with Gasteiger partial charge in [0.2, 0.25) is 5.82 Å². The van der Waals surface area contributed by atoms with Crippen LogP contribution in [-0.4, -0.2) is 16.7 Å². The number of benzene rings is 1. The second kappa shape index (κ2) is 4.86. The highest BCUT2D eigenvalue weighted by Crippen LogP contribution is 2.34. The first-order valence-corrected chi connectivity index (χ1v) is 6.62. The second-order valence-corrected chi connectivity index (χ2v) is 5.20. The topological polar surface area (TPSA) is 74.2 Å². The van der Waals surface area contributed by atoms with E-state index in [4.69, 9.17) is 15.0 Å². The Bertz CT molecular complexity index is 621. The standard InChI is InChI=1S/C14H16FN3O2/c1-14(6-2-3-7-19-14)13-17-12(20-18-13)9-4-5-10(15)11(16)8-9/h4-5,8H,2-3,6-7,16H2,1H3. The highest BCUT2D eigenvalue weighted by Gasteiger charge is 2.35. The molecule has 2 N–H and O–H groups in total. The summed E-state index contributed by atoms with van der Waals surface area (Å²) in [5.41, 5.74) is 5.69. The predicted octanol–water partition coefficient (Wildman–Crippen LogP) is 2.87. The average Bonchev–Trinajstić information content (AvgIpc) is 2.93. The van der Waals surface area contributed by atoms with Gasteiger partial charge in [-0.05, 0) is 44.4 Å². The minimum Gasteiger partial charge on any atom is -0.396 e. The van der Waals surface area contributed by atoms with Crippen molar-refractivity contribution in [3.05, 3.63) is 29.8 Å². The fourth-order valence-corrected chi connectivity index (χ4v) is 2.34. The van der Waals surface area contributed by atoms with E-state index >= 15 is 0 Å². The Morgan fingerprint density at radius 3 is 2.90 bits per heavy atom. The number of aromatic nitrogens is 2. The van der Waals surface area contributed by atoms with Crippen LogP contribution in [0.5, 0.6) is 0 Å². The number of rotatable bonds is 2. The van der Waals surface area contributed by atoms with E-state index in [0.717, 1.165) is 19.3 Å². The van der Waals surface area contributed by atoms with Crippen molar-refractivity contribution >= 4 is 5.69 Å². The van der Waals surface area contributed by atoms with E-state index in [1.165, 1.54) is 12.1 Å². The van der Waals surface area contributed by atoms with Gasteiger partial charge in [0, 0.05) is 12.2 Å². The molecular formula is C14H16FN3O2. The molecule has 2 heterocycles. The Morgan fingerprint density at radius 2 is 2.20 bits per heavy atom. The molecule has 0 radical (unpaired) electrons. The van der Waals surface area contributed by atoms with Crippen molar-refractivity contribution in [3.8, 4) is 11.5 Å². The molecule has 0 aliphatic carbocycles. The molecule has 2 aromatic rings. The Balaban J connectivity index is 1.91. The van der Waals surface area contributed by atoms with E-state index in [1.54, 1.807) is 6.07 Å². The molecule has 0 bridgehead atoms. The molecule has 20 heavy (non-hydrogen) atoms. The van der Waals surface area contributed by atoms with Crippen molar-refractivity contribution in [2.45, 2.75) is 31.8 Å². The van der Waals surface area contributed by atoms with Gasteiger partial charge in [-0.3, -0.25) is 0 Å². The van der Waals surface area contributed by atoms with Crippen LogP contribution in [0.2, 0.25) is 0 Å². The van der Waals surface area contributed by atoms with E-state index in [2.05, 4.69) is 10.1 Å². The normalized spacial score (nSPS) is 22.9. The minimum atomic E-state index is -0.508. The summed E-state index contributed by atoms with van der Waals surface area (Å²) in [5.74, 6) is 0.383. The first kappa shape index (κ1) is 13.1. The van der Waals surface area contributed by atoms with Crippen molar-refractivity contribution in [2.75, 3.05) is 12.3 Å². The molecule has 5 nitrogen and oxygen atoms in total. The SMILES string of the molecule is CC1(c2noc(-c3ccc(F)c(N)c3)n2)CCCCO1. The number of hydrogen-bond donors (Lipinski definition) is 1. The summed E-state index contributed by atoms with van der Waals surface area (Å²) >= 11 is 0. The van der Waals surface area contributed by atoms with Gasteiger partial charge in [0.25, 0.3) is 5.89 Å². The quantitative estimate of drug-likeness (QED) is 0.854. The first-order valence-electron chi connectivity index (χ1n) is 6.62. The van der Waals surface area contributed by atoms with Gasteiger partial charge < -0.3 is 15.0 Å². The van der Waals surface area contributed by atoms with Crippen molar-refractivity contribution in [2.24, 2.45) is 0 Å². The van der Waals surface area contributed by atoms with Gasteiger partial charge in [0.05, 0.1) is 5.69 Å². The summed E-state index contributed by atoms with van der Waals surface area (Å²) in [7, 11) is 0. The van der Waals surface area contributed by atoms with E-state index < -0.39 is 11.4 Å². The van der Waals surface area contributed by atoms with Crippen molar-refractivity contribution < 1.29 is 13.7 Å². The molecule has 1 aliphatic rings. The van der Waals surface area contributed by atoms with Crippen LogP contribution in [0.25, 0.3) is 11.5 Å². The van der Waals surface area contributed by atoms with Gasteiger partial charge in [0.15, 0.2) is 0 Å². The Morgan fingerprint density at radius 1 is 1.35 bits per heavy atom. The third-order valence-corrected chi connectivity index (χ3v) is 3.61. The number of nitrogens with two attached hydrogens (primary N) is 1. The highest BCUT2D eigenvalue weighted by atomic mass is 19.1. The molecule has 1 atom stereocenters. The Hall–Kier alpha value is -1.95. The van der Waals surface area contributed by atoms with Gasteiger partial charge >= 0.3 is 0 Å². The fraction of sp³-hybridized carbons (Fsp3) is 0.429. The number of nitrogen functional groups attached to an aromatic ring is 1. The predicted molar refractivity (Wildman–Crippen MR) is 71.3 cm³/mol. The van der Waals surface area contributed by atoms with Crippen LogP contribution < -0.4 is 5.73 Å². The molecule has 1 aliphatic heterocycles. The lowest BCUT2D eigenvalue weighted by Crippen LogP contribution is -2.31. The van der Waals surface area contributed by atoms with Gasteiger partial charge in [-0.1, -0.05) is 5.16 Å². The van der Waals surface area contributed by atoms with Crippen LogP contribution in [0, 0.1) is 5.82 Å². The monoisotopic (exact) mass is 277 g/mol. The maximum absolute atomic E-state index is 13.2. The molecule has 6 heteroatoms. The molecule has 0 saturated carbocycles. The van der Waals surface area contributed by atoms with Gasteiger partial charge in [-0.15, -0.1) is 0 Å². The highest BCUT2D eigenvalue weighted by molar-refractivity contribution is 5.60. The lowest BCUT2D eigenvalue weighted by molar-refractivity contribution is -0.0770. The average molecular weight is 277 g/mol. The molecule has 1 unspecified atom stereocenters. The summed E-state index contributed by atoms with van der Waals surface area (Å²) in [4.78, 5) is 4.37. The van der Waals surface area contributed by atoms with Crippen molar-refractivity contribution in [3.63, 3.8) is 0 Å². The summed E-state index contributed by atoms with van der Waals surface area (Å²) in [5, 5.41) is 3.99. The largest absolute Gasteiger partial charge is 0.396 e. The maximum Gasteiger partial charge on any atom is 0.258 e. The van der Waals surface area contributed by atoms with Crippen LogP contribution in [0.4, 0.5) is 10.1 Å². The Labute approximate surface area is 115 Å². The van der Waals surface area contributed by atoms with E-state index in [1.807, 2.05) is 6.92 Å². The molecule has 1 aromatic carbocycles. The van der Waals surface area contributed by atoms with Crippen LogP contribution in [0.1, 0.15) is 32.0 Å². The Kier molecular flexibility index (Phi) is 3.17. The minimum absolute atomic E-state index is 0.0578. The number of anilines is 1. The number of ether oxygens (including phenoxy) is 1. The third kappa shape index (κ3) is 2.27. The summed E-state index contributed by atoms with van der Waals surface area (Å²) in [6.45, 7) is 2.66. The van der Waals surface area contributed by atoms with Gasteiger partial charge in [-0.25, -0.2) is 4.39 Å². The zero-order chi connectivity index (χ0) is 14.2. The van der Waals surface area contributed by atoms with E-state index in [9.17, 15) is 4.39 Å². The van der Waals surface area contributed by atoms with Gasteiger partial charge in [-0.2, -0.15) is 4.98 Å². The fourth-order valence-electron chi connectivity index (χ4n) is 2.34. The summed E-state index contributed by atoms with van der Waals surface area (Å²) in [6.07, 6.45) is 2.98. The van der Waals surface area contributed by atoms with E-state index in [-0.39, 0.29) is 5.69 Å². The number of nitrogens with zero attached hydrogens (tertiary/aromatic N) is 2. The van der Waals surface area contributed by atoms with Crippen molar-refractivity contribution in [1.82, 2.24) is 10.1 Å². The zero-order valence-corrected chi connectivity index (χ0v) is 11.2. The van der Waals surface area contributed by atoms with Crippen LogP contribution in [0.15, 0.2) is 22.7 Å². The molecular weight excluding hydrogens is 261 g/mol. The summed E-state index contributed by atoms with van der Waals surface area (Å²) in [6, 6.07) is 4.33. The van der Waals surface area contributed by atoms with E-state index in [0.29, 0.717) is 23.9 Å². The summed E-state index contributed by atoms with van der Waals surface area (Å²) < 4.78 is 24.2. The molecule has 1 saturated heterocycles. The molecule has 0 spiro atoms. The maximum atomic E-state index is 13.2. The lowest BCUT2D eigenvalue weighted by Gasteiger charge is -2.30. The molecule has 1 fully saturated rings. The number of halogens is 1. The lowest BCUT2D eigenvalue weighted by atomic mass is 9.95. The zero-order valence-electron chi connectivity index (χ0n) is 11.2. The van der Waals surface area contributed by atoms with Crippen LogP contribution in [0.3, 0.4) is 0 Å². The second-order valence-electron chi connectivity index (χ2n) is 5.20. The van der Waals surface area contributed by atoms with Crippen molar-refractivity contribution in [1.29, 1.82) is 0 Å². The smallest absolute Gasteiger partial charge is 0.258 e. The third-order valence-electron chi connectivity index (χ3n) is 3.61. The molecule has 0 amide bonds. The van der Waals surface area contributed by atoms with Crippen LogP contribution in [-0.2, 0) is 10.3 Å². The molecule has 106 valence electrons. The number of hydrogen-bond acceptors (Lipinski definition) is 5. The van der Waals surface area contributed by atoms with Gasteiger partial charge in [0.1, 0.15) is 11.4 Å². The molecule has 3 rings (SSSR count).